The lowest BCUT2D eigenvalue weighted by molar-refractivity contribution is -0.383. The summed E-state index contributed by atoms with van der Waals surface area (Å²) >= 11 is 0.783. The summed E-state index contributed by atoms with van der Waals surface area (Å²) in [4.78, 5) is 10.2. The topological polar surface area (TPSA) is 119 Å². The van der Waals surface area contributed by atoms with Gasteiger partial charge < -0.3 is 5.43 Å². The van der Waals surface area contributed by atoms with Crippen LogP contribution in [0.5, 0.6) is 0 Å². The molecule has 1 fully saturated rings. The summed E-state index contributed by atoms with van der Waals surface area (Å²) in [6, 6.07) is 0.973. The van der Waals surface area contributed by atoms with Crippen molar-refractivity contribution < 1.29 is 13.3 Å². The fourth-order valence-corrected chi connectivity index (χ4v) is 5.34. The van der Waals surface area contributed by atoms with E-state index in [-0.39, 0.29) is 20.9 Å². The quantitative estimate of drug-likeness (QED) is 0.493. The molecule has 2 rings (SSSR count). The summed E-state index contributed by atoms with van der Waals surface area (Å²) in [5.74, 6) is 5.20. The molecule has 2 heterocycles. The molecule has 0 aromatic carbocycles. The van der Waals surface area contributed by atoms with Crippen LogP contribution in [0.25, 0.3) is 0 Å². The molecule has 1 aromatic rings. The Hall–Kier alpha value is -1.23. The molecule has 0 radical (unpaired) electrons. The number of anilines is 1. The molecule has 0 bridgehead atoms. The minimum atomic E-state index is -3.70. The number of piperidine rings is 1. The van der Waals surface area contributed by atoms with Gasteiger partial charge in [0, 0.05) is 18.7 Å². The van der Waals surface area contributed by atoms with E-state index in [2.05, 4.69) is 5.43 Å². The van der Waals surface area contributed by atoms with Crippen molar-refractivity contribution >= 4 is 32.0 Å². The van der Waals surface area contributed by atoms with Crippen LogP contribution >= 0.6 is 11.3 Å². The van der Waals surface area contributed by atoms with E-state index in [1.54, 1.807) is 0 Å². The Morgan fingerprint density at radius 2 is 2.25 bits per heavy atom. The summed E-state index contributed by atoms with van der Waals surface area (Å²) in [6.07, 6.45) is 2.60. The van der Waals surface area contributed by atoms with Crippen LogP contribution < -0.4 is 11.3 Å². The number of rotatable bonds is 4. The SMILES string of the molecule is CC1CCCCN1S(=O)(=O)c1cc([N+](=O)[O-])c(NN)s1. The molecular formula is C10H16N4O4S2. The number of hydrazine groups is 1. The number of nitro groups is 1. The second-order valence-corrected chi connectivity index (χ2v) is 7.81. The van der Waals surface area contributed by atoms with Gasteiger partial charge >= 0.3 is 5.69 Å². The molecule has 1 aliphatic rings. The summed E-state index contributed by atoms with van der Waals surface area (Å²) < 4.78 is 26.5. The van der Waals surface area contributed by atoms with Crippen molar-refractivity contribution in [1.82, 2.24) is 4.31 Å². The highest BCUT2D eigenvalue weighted by Gasteiger charge is 2.34. The molecule has 1 aliphatic heterocycles. The number of nitrogens with zero attached hydrogens (tertiary/aromatic N) is 2. The minimum Gasteiger partial charge on any atom is -0.310 e. The molecule has 1 atom stereocenters. The molecule has 0 saturated carbocycles. The molecule has 10 heteroatoms. The van der Waals surface area contributed by atoms with Crippen molar-refractivity contribution in [3.63, 3.8) is 0 Å². The number of hydrogen-bond acceptors (Lipinski definition) is 7. The molecule has 1 unspecified atom stereocenters. The molecule has 0 amide bonds. The smallest absolute Gasteiger partial charge is 0.306 e. The molecule has 112 valence electrons. The predicted molar refractivity (Wildman–Crippen MR) is 76.0 cm³/mol. The highest BCUT2D eigenvalue weighted by molar-refractivity contribution is 7.91. The van der Waals surface area contributed by atoms with Gasteiger partial charge in [0.25, 0.3) is 10.0 Å². The highest BCUT2D eigenvalue weighted by Crippen LogP contribution is 2.38. The molecule has 8 nitrogen and oxygen atoms in total. The first-order valence-corrected chi connectivity index (χ1v) is 8.40. The van der Waals surface area contributed by atoms with Crippen LogP contribution in [0.1, 0.15) is 26.2 Å². The summed E-state index contributed by atoms with van der Waals surface area (Å²) in [7, 11) is -3.70. The lowest BCUT2D eigenvalue weighted by Gasteiger charge is -2.31. The number of hydrogen-bond donors (Lipinski definition) is 2. The fourth-order valence-electron chi connectivity index (χ4n) is 2.27. The van der Waals surface area contributed by atoms with Gasteiger partial charge in [-0.2, -0.15) is 4.31 Å². The number of nitrogens with one attached hydrogen (secondary N) is 1. The Balaban J connectivity index is 2.41. The van der Waals surface area contributed by atoms with E-state index < -0.39 is 14.9 Å². The third-order valence-electron chi connectivity index (χ3n) is 3.32. The largest absolute Gasteiger partial charge is 0.310 e. The van der Waals surface area contributed by atoms with Crippen molar-refractivity contribution in [3.05, 3.63) is 16.2 Å². The zero-order chi connectivity index (χ0) is 14.9. The average Bonchev–Trinajstić information content (AvgIpc) is 2.84. The Kier molecular flexibility index (Phi) is 4.28. The van der Waals surface area contributed by atoms with Crippen molar-refractivity contribution in [1.29, 1.82) is 0 Å². The molecule has 3 N–H and O–H groups in total. The maximum Gasteiger partial charge on any atom is 0.306 e. The lowest BCUT2D eigenvalue weighted by atomic mass is 10.1. The Bertz CT molecular complexity index is 613. The monoisotopic (exact) mass is 320 g/mol. The van der Waals surface area contributed by atoms with Crippen molar-refractivity contribution in [3.8, 4) is 0 Å². The van der Waals surface area contributed by atoms with E-state index in [0.29, 0.717) is 6.54 Å². The number of nitrogens with two attached hydrogens (primary N) is 1. The third-order valence-corrected chi connectivity index (χ3v) is 6.84. The van der Waals surface area contributed by atoms with E-state index in [0.717, 1.165) is 36.7 Å². The zero-order valence-corrected chi connectivity index (χ0v) is 12.5. The van der Waals surface area contributed by atoms with Gasteiger partial charge in [0.05, 0.1) is 4.92 Å². The molecule has 0 aliphatic carbocycles. The van der Waals surface area contributed by atoms with E-state index in [9.17, 15) is 18.5 Å². The number of nitrogen functional groups attached to an aromatic ring is 1. The predicted octanol–water partition coefficient (Wildman–Crippen LogP) is 1.50. The Labute approximate surface area is 120 Å². The Morgan fingerprint density at radius 3 is 2.75 bits per heavy atom. The van der Waals surface area contributed by atoms with Gasteiger partial charge in [0.2, 0.25) is 0 Å². The second kappa shape index (κ2) is 5.64. The lowest BCUT2D eigenvalue weighted by Crippen LogP contribution is -2.41. The first-order chi connectivity index (χ1) is 9.37. The van der Waals surface area contributed by atoms with Crippen LogP contribution in [0.3, 0.4) is 0 Å². The number of sulfonamides is 1. The van der Waals surface area contributed by atoms with Crippen molar-refractivity contribution in [2.75, 3.05) is 12.0 Å². The highest BCUT2D eigenvalue weighted by atomic mass is 32.2. The van der Waals surface area contributed by atoms with Gasteiger partial charge in [-0.05, 0) is 19.8 Å². The van der Waals surface area contributed by atoms with Crippen LogP contribution in [-0.4, -0.2) is 30.2 Å². The van der Waals surface area contributed by atoms with Crippen molar-refractivity contribution in [2.45, 2.75) is 36.4 Å². The van der Waals surface area contributed by atoms with Gasteiger partial charge in [0.1, 0.15) is 4.21 Å². The minimum absolute atomic E-state index is 0.0400. The van der Waals surface area contributed by atoms with E-state index in [1.807, 2.05) is 6.92 Å². The van der Waals surface area contributed by atoms with Gasteiger partial charge in [-0.25, -0.2) is 14.3 Å². The fraction of sp³-hybridized carbons (Fsp3) is 0.600. The average molecular weight is 320 g/mol. The van der Waals surface area contributed by atoms with Gasteiger partial charge in [-0.3, -0.25) is 10.1 Å². The van der Waals surface area contributed by atoms with E-state index in [1.165, 1.54) is 4.31 Å². The maximum atomic E-state index is 12.5. The van der Waals surface area contributed by atoms with Gasteiger partial charge in [-0.15, -0.1) is 0 Å². The summed E-state index contributed by atoms with van der Waals surface area (Å²) in [5.41, 5.74) is 1.86. The van der Waals surface area contributed by atoms with Crippen LogP contribution in [-0.2, 0) is 10.0 Å². The summed E-state index contributed by atoms with van der Waals surface area (Å²) in [6.45, 7) is 2.29. The van der Waals surface area contributed by atoms with Crippen LogP contribution in [0.15, 0.2) is 10.3 Å². The standard InChI is InChI=1S/C10H16N4O4S2/c1-7-4-2-3-5-13(7)20(17,18)9-6-8(14(15)16)10(12-11)19-9/h6-7,12H,2-5,11H2,1H3. The molecule has 1 aromatic heterocycles. The van der Waals surface area contributed by atoms with E-state index in [4.69, 9.17) is 5.84 Å². The van der Waals surface area contributed by atoms with Gasteiger partial charge in [-0.1, -0.05) is 17.8 Å². The zero-order valence-electron chi connectivity index (χ0n) is 10.9. The molecular weight excluding hydrogens is 304 g/mol. The Morgan fingerprint density at radius 1 is 1.55 bits per heavy atom. The van der Waals surface area contributed by atoms with Crippen LogP contribution in [0, 0.1) is 10.1 Å². The molecule has 20 heavy (non-hydrogen) atoms. The maximum absolute atomic E-state index is 12.5. The number of thiophene rings is 1. The first kappa shape index (κ1) is 15.2. The van der Waals surface area contributed by atoms with Gasteiger partial charge in [0.15, 0.2) is 5.00 Å². The summed E-state index contributed by atoms with van der Waals surface area (Å²) in [5, 5.41) is 10.9. The third kappa shape index (κ3) is 2.64. The van der Waals surface area contributed by atoms with Crippen LogP contribution in [0.4, 0.5) is 10.7 Å². The molecule has 0 spiro atoms. The van der Waals surface area contributed by atoms with E-state index >= 15 is 0 Å². The van der Waals surface area contributed by atoms with Crippen LogP contribution in [0.2, 0.25) is 0 Å². The first-order valence-electron chi connectivity index (χ1n) is 6.14. The van der Waals surface area contributed by atoms with Crippen molar-refractivity contribution in [2.24, 2.45) is 5.84 Å². The molecule has 1 saturated heterocycles. The normalized spacial score (nSPS) is 20.8. The second-order valence-electron chi connectivity index (χ2n) is 4.64.